The van der Waals surface area contributed by atoms with Gasteiger partial charge in [0.2, 0.25) is 5.82 Å². The molecule has 0 atom stereocenters. The fraction of sp³-hybridized carbons (Fsp3) is 0.158. The average Bonchev–Trinajstić information content (AvgIpc) is 3.28. The zero-order chi connectivity index (χ0) is 24.0. The Hall–Kier alpha value is -3.41. The number of rotatable bonds is 9. The molecule has 11 nitrogen and oxygen atoms in total. The Bertz CT molecular complexity index is 1190. The lowest BCUT2D eigenvalue weighted by Gasteiger charge is -2.10. The second-order valence-electron chi connectivity index (χ2n) is 6.32. The van der Waals surface area contributed by atoms with Gasteiger partial charge in [0.05, 0.1) is 20.0 Å². The number of benzene rings is 2. The molecular formula is C19H14Cl3N5O6. The number of hydrogen-bond acceptors (Lipinski definition) is 8. The number of halogens is 3. The fourth-order valence-electron chi connectivity index (χ4n) is 2.43. The van der Waals surface area contributed by atoms with E-state index in [0.29, 0.717) is 5.56 Å². The molecule has 0 aliphatic heterocycles. The molecule has 0 aliphatic rings. The number of nitrogens with one attached hydrogen (secondary N) is 2. The number of nitro benzene ring substituents is 1. The van der Waals surface area contributed by atoms with Gasteiger partial charge in [-0.1, -0.05) is 40.0 Å². The SMILES string of the molecule is O=C(COc1cc(Cl)c(Cl)cc1Cl)NCCNC(=O)c1nc(-c2ccc([N+](=O)[O-])cc2)no1. The van der Waals surface area contributed by atoms with E-state index in [1.54, 1.807) is 0 Å². The zero-order valence-corrected chi connectivity index (χ0v) is 18.8. The highest BCUT2D eigenvalue weighted by Crippen LogP contribution is 2.33. The summed E-state index contributed by atoms with van der Waals surface area (Å²) in [6.45, 7) is -0.145. The minimum absolute atomic E-state index is 0.0767. The topological polar surface area (TPSA) is 149 Å². The number of ether oxygens (including phenoxy) is 1. The maximum absolute atomic E-state index is 12.1. The van der Waals surface area contributed by atoms with E-state index < -0.39 is 16.7 Å². The molecule has 0 spiro atoms. The highest BCUT2D eigenvalue weighted by Gasteiger charge is 2.17. The summed E-state index contributed by atoms with van der Waals surface area (Å²) in [6, 6.07) is 8.25. The lowest BCUT2D eigenvalue weighted by Crippen LogP contribution is -2.36. The van der Waals surface area contributed by atoms with E-state index in [9.17, 15) is 19.7 Å². The second kappa shape index (κ2) is 10.9. The van der Waals surface area contributed by atoms with Gasteiger partial charge in [-0.3, -0.25) is 19.7 Å². The molecule has 2 amide bonds. The van der Waals surface area contributed by atoms with E-state index in [-0.39, 0.29) is 57.9 Å². The third kappa shape index (κ3) is 6.54. The Morgan fingerprint density at radius 1 is 1.03 bits per heavy atom. The summed E-state index contributed by atoms with van der Waals surface area (Å²) in [7, 11) is 0. The maximum Gasteiger partial charge on any atom is 0.316 e. The van der Waals surface area contributed by atoms with Gasteiger partial charge < -0.3 is 19.9 Å². The molecule has 3 aromatic rings. The van der Waals surface area contributed by atoms with Crippen LogP contribution in [0.5, 0.6) is 5.75 Å². The molecule has 2 N–H and O–H groups in total. The Labute approximate surface area is 201 Å². The first-order chi connectivity index (χ1) is 15.7. The molecule has 1 heterocycles. The van der Waals surface area contributed by atoms with Crippen molar-refractivity contribution in [1.82, 2.24) is 20.8 Å². The van der Waals surface area contributed by atoms with Crippen molar-refractivity contribution >= 4 is 52.3 Å². The summed E-state index contributed by atoms with van der Waals surface area (Å²) in [5.74, 6) is -1.10. The minimum atomic E-state index is -0.649. The van der Waals surface area contributed by atoms with Crippen LogP contribution < -0.4 is 15.4 Å². The lowest BCUT2D eigenvalue weighted by atomic mass is 10.2. The molecule has 0 saturated carbocycles. The van der Waals surface area contributed by atoms with E-state index in [4.69, 9.17) is 44.1 Å². The molecular weight excluding hydrogens is 501 g/mol. The summed E-state index contributed by atoms with van der Waals surface area (Å²) in [4.78, 5) is 38.1. The van der Waals surface area contributed by atoms with Crippen molar-refractivity contribution < 1.29 is 23.8 Å². The molecule has 1 aromatic heterocycles. The van der Waals surface area contributed by atoms with Crippen LogP contribution in [0.15, 0.2) is 40.9 Å². The first-order valence-corrected chi connectivity index (χ1v) is 10.3. The van der Waals surface area contributed by atoms with Gasteiger partial charge in [-0.25, -0.2) is 0 Å². The standard InChI is InChI=1S/C19H14Cl3N5O6/c20-12-7-14(22)15(8-13(12)21)32-9-16(28)23-5-6-24-18(29)19-25-17(26-33-19)10-1-3-11(4-2-10)27(30)31/h1-4,7-8H,5-6,9H2,(H,23,28)(H,24,29). The molecule has 0 aliphatic carbocycles. The molecule has 0 unspecified atom stereocenters. The van der Waals surface area contributed by atoms with Gasteiger partial charge >= 0.3 is 11.8 Å². The van der Waals surface area contributed by atoms with Crippen molar-refractivity contribution in [3.05, 3.63) is 67.5 Å². The number of non-ortho nitro benzene ring substituents is 1. The smallest absolute Gasteiger partial charge is 0.316 e. The molecule has 14 heteroatoms. The van der Waals surface area contributed by atoms with Crippen LogP contribution in [-0.2, 0) is 4.79 Å². The van der Waals surface area contributed by atoms with E-state index in [1.165, 1.54) is 36.4 Å². The van der Waals surface area contributed by atoms with Crippen molar-refractivity contribution in [2.45, 2.75) is 0 Å². The zero-order valence-electron chi connectivity index (χ0n) is 16.5. The fourth-order valence-corrected chi connectivity index (χ4v) is 3.02. The first kappa shape index (κ1) is 24.2. The number of aromatic nitrogens is 2. The summed E-state index contributed by atoms with van der Waals surface area (Å²) in [5, 5.41) is 20.1. The Morgan fingerprint density at radius 2 is 1.70 bits per heavy atom. The lowest BCUT2D eigenvalue weighted by molar-refractivity contribution is -0.384. The number of nitro groups is 1. The summed E-state index contributed by atoms with van der Waals surface area (Å²) in [5.41, 5.74) is 0.352. The van der Waals surface area contributed by atoms with Gasteiger partial charge in [-0.05, 0) is 18.2 Å². The van der Waals surface area contributed by atoms with Gasteiger partial charge in [-0.2, -0.15) is 4.98 Å². The van der Waals surface area contributed by atoms with Crippen molar-refractivity contribution in [2.24, 2.45) is 0 Å². The van der Waals surface area contributed by atoms with Gasteiger partial charge in [0.1, 0.15) is 5.75 Å². The van der Waals surface area contributed by atoms with Crippen LogP contribution in [0.4, 0.5) is 5.69 Å². The number of nitrogens with zero attached hydrogens (tertiary/aromatic N) is 3. The molecule has 33 heavy (non-hydrogen) atoms. The normalized spacial score (nSPS) is 10.5. The third-order valence-corrected chi connectivity index (χ3v) is 5.04. The van der Waals surface area contributed by atoms with E-state index in [1.807, 2.05) is 0 Å². The monoisotopic (exact) mass is 513 g/mol. The summed E-state index contributed by atoms with van der Waals surface area (Å²) in [6.07, 6.45) is 0. The molecule has 172 valence electrons. The first-order valence-electron chi connectivity index (χ1n) is 9.15. The van der Waals surface area contributed by atoms with Gasteiger partial charge in [0, 0.05) is 36.9 Å². The number of carbonyl (C=O) groups excluding carboxylic acids is 2. The highest BCUT2D eigenvalue weighted by atomic mass is 35.5. The van der Waals surface area contributed by atoms with E-state index in [2.05, 4.69) is 20.8 Å². The van der Waals surface area contributed by atoms with Gasteiger partial charge in [0.15, 0.2) is 6.61 Å². The molecule has 0 saturated heterocycles. The van der Waals surface area contributed by atoms with Gasteiger partial charge in [0.25, 0.3) is 11.6 Å². The van der Waals surface area contributed by atoms with Crippen molar-refractivity contribution in [2.75, 3.05) is 19.7 Å². The van der Waals surface area contributed by atoms with E-state index >= 15 is 0 Å². The molecule has 3 rings (SSSR count). The van der Waals surface area contributed by atoms with Crippen molar-refractivity contribution in [3.63, 3.8) is 0 Å². The van der Waals surface area contributed by atoms with Gasteiger partial charge in [-0.15, -0.1) is 0 Å². The predicted octanol–water partition coefficient (Wildman–Crippen LogP) is 3.53. The Morgan fingerprint density at radius 3 is 2.39 bits per heavy atom. The molecule has 0 bridgehead atoms. The quantitative estimate of drug-likeness (QED) is 0.191. The van der Waals surface area contributed by atoms with Crippen LogP contribution in [0.25, 0.3) is 11.4 Å². The van der Waals surface area contributed by atoms with Crippen LogP contribution in [0, 0.1) is 10.1 Å². The Kier molecular flexibility index (Phi) is 8.04. The van der Waals surface area contributed by atoms with Crippen LogP contribution >= 0.6 is 34.8 Å². The second-order valence-corrected chi connectivity index (χ2v) is 7.54. The van der Waals surface area contributed by atoms with Crippen molar-refractivity contribution in [1.29, 1.82) is 0 Å². The minimum Gasteiger partial charge on any atom is -0.482 e. The predicted molar refractivity (Wildman–Crippen MR) is 119 cm³/mol. The average molecular weight is 515 g/mol. The third-order valence-electron chi connectivity index (χ3n) is 4.02. The molecule has 2 aromatic carbocycles. The maximum atomic E-state index is 12.1. The molecule has 0 radical (unpaired) electrons. The van der Waals surface area contributed by atoms with Crippen LogP contribution in [-0.4, -0.2) is 46.6 Å². The molecule has 0 fully saturated rings. The van der Waals surface area contributed by atoms with Crippen LogP contribution in [0.2, 0.25) is 15.1 Å². The Balaban J connectivity index is 1.42. The summed E-state index contributed by atoms with van der Waals surface area (Å²) >= 11 is 17.7. The largest absolute Gasteiger partial charge is 0.482 e. The van der Waals surface area contributed by atoms with Crippen molar-refractivity contribution in [3.8, 4) is 17.1 Å². The van der Waals surface area contributed by atoms with Crippen LogP contribution in [0.1, 0.15) is 10.7 Å². The van der Waals surface area contributed by atoms with Crippen LogP contribution in [0.3, 0.4) is 0 Å². The number of amides is 2. The number of hydrogen-bond donors (Lipinski definition) is 2. The number of carbonyl (C=O) groups is 2. The highest BCUT2D eigenvalue weighted by molar-refractivity contribution is 6.43. The van der Waals surface area contributed by atoms with E-state index in [0.717, 1.165) is 0 Å². The summed E-state index contributed by atoms with van der Waals surface area (Å²) < 4.78 is 10.2.